The van der Waals surface area contributed by atoms with Crippen molar-refractivity contribution >= 4 is 0 Å². The molecule has 0 spiro atoms. The van der Waals surface area contributed by atoms with Crippen molar-refractivity contribution in [1.82, 2.24) is 5.32 Å². The summed E-state index contributed by atoms with van der Waals surface area (Å²) in [5.41, 5.74) is 6.60. The van der Waals surface area contributed by atoms with Crippen molar-refractivity contribution in [1.29, 1.82) is 0 Å². The van der Waals surface area contributed by atoms with Gasteiger partial charge in [-0.25, -0.2) is 0 Å². The topological polar surface area (TPSA) is 38.0 Å². The van der Waals surface area contributed by atoms with Crippen LogP contribution in [-0.2, 0) is 0 Å². The lowest BCUT2D eigenvalue weighted by atomic mass is 9.70. The Labute approximate surface area is 81.3 Å². The Morgan fingerprint density at radius 3 is 2.54 bits per heavy atom. The number of fused-ring (bicyclic) bond motifs is 2. The summed E-state index contributed by atoms with van der Waals surface area (Å²) in [5, 5.41) is 3.70. The quantitative estimate of drug-likeness (QED) is 0.596. The predicted octanol–water partition coefficient (Wildman–Crippen LogP) is 1.50. The summed E-state index contributed by atoms with van der Waals surface area (Å²) in [5.74, 6) is 0.659. The molecule has 0 saturated carbocycles. The molecule has 2 aliphatic heterocycles. The molecule has 0 aliphatic carbocycles. The average molecular weight is 182 g/mol. The Hall–Kier alpha value is -0.0800. The lowest BCUT2D eigenvalue weighted by Crippen LogP contribution is -2.55. The third kappa shape index (κ3) is 1.62. The molecular formula is C11H22N2. The number of piperidine rings is 1. The van der Waals surface area contributed by atoms with Crippen LogP contribution in [0.4, 0.5) is 0 Å². The van der Waals surface area contributed by atoms with Crippen molar-refractivity contribution in [2.75, 3.05) is 0 Å². The fourth-order valence-corrected chi connectivity index (χ4v) is 3.34. The van der Waals surface area contributed by atoms with Gasteiger partial charge in [-0.2, -0.15) is 0 Å². The molecule has 2 heterocycles. The molecular weight excluding hydrogens is 160 g/mol. The molecule has 2 aliphatic rings. The molecule has 76 valence electrons. The molecule has 0 aromatic rings. The second-order valence-electron chi connectivity index (χ2n) is 5.84. The van der Waals surface area contributed by atoms with E-state index in [4.69, 9.17) is 5.73 Å². The highest BCUT2D eigenvalue weighted by molar-refractivity contribution is 5.02. The van der Waals surface area contributed by atoms with E-state index in [1.165, 1.54) is 19.3 Å². The summed E-state index contributed by atoms with van der Waals surface area (Å²) in [6, 6.07) is 1.83. The van der Waals surface area contributed by atoms with Crippen LogP contribution in [0, 0.1) is 11.3 Å². The molecule has 13 heavy (non-hydrogen) atoms. The third-order valence-corrected chi connectivity index (χ3v) is 3.73. The molecule has 0 amide bonds. The van der Waals surface area contributed by atoms with Gasteiger partial charge in [-0.3, -0.25) is 0 Å². The van der Waals surface area contributed by atoms with Crippen molar-refractivity contribution in [3.05, 3.63) is 0 Å². The maximum Gasteiger partial charge on any atom is 0.0118 e. The Balaban J connectivity index is 2.16. The highest BCUT2D eigenvalue weighted by Gasteiger charge is 2.44. The third-order valence-electron chi connectivity index (χ3n) is 3.73. The van der Waals surface area contributed by atoms with Crippen molar-refractivity contribution in [2.45, 2.75) is 58.2 Å². The monoisotopic (exact) mass is 182 g/mol. The number of hydrogen-bond donors (Lipinski definition) is 2. The van der Waals surface area contributed by atoms with Crippen molar-refractivity contribution in [2.24, 2.45) is 17.1 Å². The van der Waals surface area contributed by atoms with Gasteiger partial charge >= 0.3 is 0 Å². The summed E-state index contributed by atoms with van der Waals surface area (Å²) in [6.45, 7) is 6.95. The zero-order valence-electron chi connectivity index (χ0n) is 9.01. The van der Waals surface area contributed by atoms with E-state index in [9.17, 15) is 0 Å². The number of hydrogen-bond acceptors (Lipinski definition) is 2. The zero-order valence-corrected chi connectivity index (χ0v) is 9.01. The maximum absolute atomic E-state index is 6.25. The van der Waals surface area contributed by atoms with E-state index in [-0.39, 0.29) is 0 Å². The largest absolute Gasteiger partial charge is 0.327 e. The summed E-state index contributed by atoms with van der Waals surface area (Å²) in [4.78, 5) is 0. The lowest BCUT2D eigenvalue weighted by molar-refractivity contribution is 0.122. The molecule has 0 radical (unpaired) electrons. The van der Waals surface area contributed by atoms with Gasteiger partial charge in [0.15, 0.2) is 0 Å². The fourth-order valence-electron chi connectivity index (χ4n) is 3.34. The van der Waals surface area contributed by atoms with Gasteiger partial charge in [0.2, 0.25) is 0 Å². The van der Waals surface area contributed by atoms with E-state index >= 15 is 0 Å². The van der Waals surface area contributed by atoms with Crippen molar-refractivity contribution < 1.29 is 0 Å². The van der Waals surface area contributed by atoms with Gasteiger partial charge in [-0.15, -0.1) is 0 Å². The maximum atomic E-state index is 6.25. The van der Waals surface area contributed by atoms with Crippen LogP contribution >= 0.6 is 0 Å². The van der Waals surface area contributed by atoms with Gasteiger partial charge in [0.1, 0.15) is 0 Å². The first kappa shape index (κ1) is 9.47. The molecule has 4 unspecified atom stereocenters. The van der Waals surface area contributed by atoms with Crippen LogP contribution in [0.1, 0.15) is 40.0 Å². The second kappa shape index (κ2) is 2.96. The summed E-state index contributed by atoms with van der Waals surface area (Å²) in [6.07, 6.45) is 3.85. The smallest absolute Gasteiger partial charge is 0.0118 e. The van der Waals surface area contributed by atoms with E-state index < -0.39 is 0 Å². The van der Waals surface area contributed by atoms with Gasteiger partial charge in [-0.05, 0) is 30.6 Å². The van der Waals surface area contributed by atoms with Crippen molar-refractivity contribution in [3.63, 3.8) is 0 Å². The van der Waals surface area contributed by atoms with Crippen LogP contribution in [0.15, 0.2) is 0 Å². The minimum Gasteiger partial charge on any atom is -0.327 e. The fraction of sp³-hybridized carbons (Fsp3) is 1.00. The molecule has 0 aromatic heterocycles. The average Bonchev–Trinajstić information content (AvgIpc) is 2.28. The highest BCUT2D eigenvalue weighted by Crippen LogP contribution is 2.40. The summed E-state index contributed by atoms with van der Waals surface area (Å²) < 4.78 is 0. The number of nitrogens with one attached hydrogen (secondary N) is 1. The molecule has 2 nitrogen and oxygen atoms in total. The first-order valence-electron chi connectivity index (χ1n) is 5.50. The predicted molar refractivity (Wildman–Crippen MR) is 55.5 cm³/mol. The zero-order chi connectivity index (χ0) is 9.64. The normalized spacial score (nSPS) is 45.2. The Kier molecular flexibility index (Phi) is 2.16. The first-order valence-corrected chi connectivity index (χ1v) is 5.50. The van der Waals surface area contributed by atoms with Gasteiger partial charge in [0.25, 0.3) is 0 Å². The molecule has 3 N–H and O–H groups in total. The highest BCUT2D eigenvalue weighted by atomic mass is 15.0. The summed E-state index contributed by atoms with van der Waals surface area (Å²) in [7, 11) is 0. The Bertz CT molecular complexity index is 195. The van der Waals surface area contributed by atoms with Gasteiger partial charge in [0.05, 0.1) is 0 Å². The number of rotatable bonds is 0. The van der Waals surface area contributed by atoms with Crippen LogP contribution in [-0.4, -0.2) is 18.1 Å². The van der Waals surface area contributed by atoms with Crippen LogP contribution < -0.4 is 11.1 Å². The lowest BCUT2D eigenvalue weighted by Gasteiger charge is -2.43. The van der Waals surface area contributed by atoms with Crippen LogP contribution in [0.3, 0.4) is 0 Å². The van der Waals surface area contributed by atoms with Gasteiger partial charge in [0, 0.05) is 18.1 Å². The molecule has 2 heteroatoms. The van der Waals surface area contributed by atoms with E-state index in [0.717, 1.165) is 6.04 Å². The minimum atomic E-state index is 0.354. The Morgan fingerprint density at radius 1 is 1.23 bits per heavy atom. The van der Waals surface area contributed by atoms with E-state index in [1.807, 2.05) is 0 Å². The molecule has 2 fully saturated rings. The van der Waals surface area contributed by atoms with Crippen LogP contribution in [0.25, 0.3) is 0 Å². The van der Waals surface area contributed by atoms with E-state index in [2.05, 4.69) is 26.1 Å². The first-order chi connectivity index (χ1) is 5.98. The molecule has 4 atom stereocenters. The Morgan fingerprint density at radius 2 is 1.92 bits per heavy atom. The van der Waals surface area contributed by atoms with Gasteiger partial charge in [-0.1, -0.05) is 20.8 Å². The molecule has 2 saturated heterocycles. The summed E-state index contributed by atoms with van der Waals surface area (Å²) >= 11 is 0. The van der Waals surface area contributed by atoms with Crippen LogP contribution in [0.2, 0.25) is 0 Å². The van der Waals surface area contributed by atoms with Crippen LogP contribution in [0.5, 0.6) is 0 Å². The molecule has 0 aromatic carbocycles. The SMILES string of the molecule is CC(C)(C)C1C(N)CC2CCC1N2. The van der Waals surface area contributed by atoms with E-state index in [0.29, 0.717) is 23.4 Å². The number of nitrogens with two attached hydrogens (primary N) is 1. The van der Waals surface area contributed by atoms with E-state index in [1.54, 1.807) is 0 Å². The minimum absolute atomic E-state index is 0.354. The molecule has 2 rings (SSSR count). The second-order valence-corrected chi connectivity index (χ2v) is 5.84. The van der Waals surface area contributed by atoms with Gasteiger partial charge < -0.3 is 11.1 Å². The molecule has 2 bridgehead atoms. The van der Waals surface area contributed by atoms with Crippen molar-refractivity contribution in [3.8, 4) is 0 Å². The standard InChI is InChI=1S/C11H22N2/c1-11(2,3)10-8(12)6-7-4-5-9(10)13-7/h7-10,13H,4-6,12H2,1-3H3.